The molecule has 72 valence electrons. The van der Waals surface area contributed by atoms with Crippen LogP contribution in [0.5, 0.6) is 0 Å². The fraction of sp³-hybridized carbons (Fsp3) is 0.222. The molecule has 0 radical (unpaired) electrons. The summed E-state index contributed by atoms with van der Waals surface area (Å²) >= 11 is 0. The van der Waals surface area contributed by atoms with Crippen LogP contribution < -0.4 is 0 Å². The lowest BCUT2D eigenvalue weighted by molar-refractivity contribution is -0.388. The minimum absolute atomic E-state index is 0.0600. The van der Waals surface area contributed by atoms with Crippen molar-refractivity contribution in [3.63, 3.8) is 0 Å². The molecule has 0 aliphatic rings. The number of benzene rings is 1. The maximum atomic E-state index is 13.4. The van der Waals surface area contributed by atoms with Gasteiger partial charge in [0.2, 0.25) is 5.82 Å². The topological polar surface area (TPSA) is 66.9 Å². The van der Waals surface area contributed by atoms with E-state index in [1.807, 2.05) is 0 Å². The Labute approximate surface area is 79.7 Å². The lowest BCUT2D eigenvalue weighted by atomic mass is 10.1. The number of hydrogen-bond acceptors (Lipinski definition) is 3. The number of rotatable bonds is 2. The summed E-state index contributed by atoms with van der Waals surface area (Å²) in [6.45, 7) is 1.46. The molecule has 0 saturated carbocycles. The van der Waals surface area contributed by atoms with Gasteiger partial charge in [0.15, 0.2) is 0 Å². The molecule has 0 spiro atoms. The van der Waals surface area contributed by atoms with E-state index in [4.69, 9.17) is 5.26 Å². The third-order valence-electron chi connectivity index (χ3n) is 1.85. The summed E-state index contributed by atoms with van der Waals surface area (Å²) in [4.78, 5) is 9.71. The highest BCUT2D eigenvalue weighted by molar-refractivity contribution is 5.44. The number of aryl methyl sites for hydroxylation is 1. The largest absolute Gasteiger partial charge is 0.307 e. The molecule has 0 aliphatic carbocycles. The molecule has 4 nitrogen and oxygen atoms in total. The highest BCUT2D eigenvalue weighted by Crippen LogP contribution is 2.24. The van der Waals surface area contributed by atoms with Crippen LogP contribution in [-0.4, -0.2) is 4.92 Å². The summed E-state index contributed by atoms with van der Waals surface area (Å²) in [5.74, 6) is -0.906. The van der Waals surface area contributed by atoms with Gasteiger partial charge in [0.25, 0.3) is 0 Å². The maximum Gasteiger partial charge on any atom is 0.307 e. The molecule has 0 saturated heterocycles. The zero-order valence-corrected chi connectivity index (χ0v) is 7.45. The molecule has 0 aliphatic heterocycles. The standard InChI is InChI=1S/C9H7FN2O2/c1-6-2-3-7(4-5-11)8(10)9(6)12(13)14/h2-3H,4H2,1H3. The van der Waals surface area contributed by atoms with Crippen molar-refractivity contribution in [2.75, 3.05) is 0 Å². The van der Waals surface area contributed by atoms with Crippen molar-refractivity contribution in [1.82, 2.24) is 0 Å². The number of hydrogen-bond donors (Lipinski definition) is 0. The van der Waals surface area contributed by atoms with E-state index in [0.29, 0.717) is 0 Å². The fourth-order valence-corrected chi connectivity index (χ4v) is 1.15. The van der Waals surface area contributed by atoms with Crippen LogP contribution in [-0.2, 0) is 6.42 Å². The van der Waals surface area contributed by atoms with E-state index >= 15 is 0 Å². The van der Waals surface area contributed by atoms with Crippen molar-refractivity contribution in [1.29, 1.82) is 5.26 Å². The molecule has 0 N–H and O–H groups in total. The molecular formula is C9H7FN2O2. The van der Waals surface area contributed by atoms with Crippen LogP contribution in [0.15, 0.2) is 12.1 Å². The van der Waals surface area contributed by atoms with Gasteiger partial charge in [-0.2, -0.15) is 9.65 Å². The summed E-state index contributed by atoms with van der Waals surface area (Å²) < 4.78 is 13.4. The van der Waals surface area contributed by atoms with Gasteiger partial charge >= 0.3 is 5.69 Å². The van der Waals surface area contributed by atoms with Crippen LogP contribution in [0.1, 0.15) is 11.1 Å². The quantitative estimate of drug-likeness (QED) is 0.534. The van der Waals surface area contributed by atoms with Crippen LogP contribution >= 0.6 is 0 Å². The number of nitriles is 1. The van der Waals surface area contributed by atoms with Crippen molar-refractivity contribution < 1.29 is 9.31 Å². The maximum absolute atomic E-state index is 13.4. The average Bonchev–Trinajstić information content (AvgIpc) is 2.10. The van der Waals surface area contributed by atoms with Crippen molar-refractivity contribution >= 4 is 5.69 Å². The van der Waals surface area contributed by atoms with Gasteiger partial charge < -0.3 is 0 Å². The van der Waals surface area contributed by atoms with E-state index in [-0.39, 0.29) is 17.5 Å². The first kappa shape index (κ1) is 10.1. The normalized spacial score (nSPS) is 9.50. The first-order valence-electron chi connectivity index (χ1n) is 3.87. The zero-order valence-electron chi connectivity index (χ0n) is 7.45. The van der Waals surface area contributed by atoms with Gasteiger partial charge in [-0.25, -0.2) is 0 Å². The second kappa shape index (κ2) is 3.83. The Hall–Kier alpha value is -1.96. The molecule has 0 atom stereocenters. The van der Waals surface area contributed by atoms with Gasteiger partial charge in [-0.15, -0.1) is 0 Å². The predicted octanol–water partition coefficient (Wildman–Crippen LogP) is 2.11. The lowest BCUT2D eigenvalue weighted by Crippen LogP contribution is -1.99. The molecule has 1 aromatic carbocycles. The van der Waals surface area contributed by atoms with E-state index < -0.39 is 16.4 Å². The van der Waals surface area contributed by atoms with Crippen LogP contribution in [0.2, 0.25) is 0 Å². The smallest absolute Gasteiger partial charge is 0.258 e. The minimum Gasteiger partial charge on any atom is -0.258 e. The highest BCUT2D eigenvalue weighted by Gasteiger charge is 2.20. The Kier molecular flexibility index (Phi) is 2.77. The van der Waals surface area contributed by atoms with E-state index in [0.717, 1.165) is 0 Å². The third kappa shape index (κ3) is 1.69. The van der Waals surface area contributed by atoms with Crippen LogP contribution in [0, 0.1) is 34.2 Å². The Morgan fingerprint density at radius 1 is 1.64 bits per heavy atom. The molecule has 0 amide bonds. The number of nitrogens with zero attached hydrogens (tertiary/aromatic N) is 2. The van der Waals surface area contributed by atoms with E-state index in [1.54, 1.807) is 6.07 Å². The number of nitro benzene ring substituents is 1. The lowest BCUT2D eigenvalue weighted by Gasteiger charge is -2.01. The monoisotopic (exact) mass is 194 g/mol. The molecule has 0 aromatic heterocycles. The second-order valence-electron chi connectivity index (χ2n) is 2.80. The summed E-state index contributed by atoms with van der Waals surface area (Å²) in [5.41, 5.74) is -0.225. The third-order valence-corrected chi connectivity index (χ3v) is 1.85. The first-order chi connectivity index (χ1) is 6.57. The zero-order chi connectivity index (χ0) is 10.7. The van der Waals surface area contributed by atoms with Gasteiger partial charge in [0.1, 0.15) is 0 Å². The predicted molar refractivity (Wildman–Crippen MR) is 47.1 cm³/mol. The SMILES string of the molecule is Cc1ccc(CC#N)c(F)c1[N+](=O)[O-]. The summed E-state index contributed by atoms with van der Waals surface area (Å²) in [5, 5.41) is 18.8. The second-order valence-corrected chi connectivity index (χ2v) is 2.80. The number of halogens is 1. The van der Waals surface area contributed by atoms with Gasteiger partial charge in [-0.05, 0) is 6.92 Å². The van der Waals surface area contributed by atoms with Crippen LogP contribution in [0.25, 0.3) is 0 Å². The highest BCUT2D eigenvalue weighted by atomic mass is 19.1. The summed E-state index contributed by atoms with van der Waals surface area (Å²) in [7, 11) is 0. The van der Waals surface area contributed by atoms with E-state index in [2.05, 4.69) is 0 Å². The molecule has 1 aromatic rings. The average molecular weight is 194 g/mol. The van der Waals surface area contributed by atoms with Crippen molar-refractivity contribution in [2.24, 2.45) is 0 Å². The molecule has 14 heavy (non-hydrogen) atoms. The molecule has 5 heteroatoms. The Morgan fingerprint density at radius 2 is 2.29 bits per heavy atom. The molecule has 0 heterocycles. The Bertz CT molecular complexity index is 424. The summed E-state index contributed by atoms with van der Waals surface area (Å²) in [6, 6.07) is 4.58. The van der Waals surface area contributed by atoms with Gasteiger partial charge in [-0.1, -0.05) is 12.1 Å². The van der Waals surface area contributed by atoms with Gasteiger partial charge in [0.05, 0.1) is 17.4 Å². The fourth-order valence-electron chi connectivity index (χ4n) is 1.15. The van der Waals surface area contributed by atoms with E-state index in [9.17, 15) is 14.5 Å². The first-order valence-corrected chi connectivity index (χ1v) is 3.87. The molecule has 0 bridgehead atoms. The Balaban J connectivity index is 3.35. The minimum atomic E-state index is -0.906. The summed E-state index contributed by atoms with van der Waals surface area (Å²) in [6.07, 6.45) is -0.160. The molecular weight excluding hydrogens is 187 g/mol. The molecule has 0 unspecified atom stereocenters. The van der Waals surface area contributed by atoms with Crippen molar-refractivity contribution in [3.05, 3.63) is 39.2 Å². The number of nitro groups is 1. The van der Waals surface area contributed by atoms with E-state index in [1.165, 1.54) is 19.1 Å². The van der Waals surface area contributed by atoms with Crippen molar-refractivity contribution in [2.45, 2.75) is 13.3 Å². The Morgan fingerprint density at radius 3 is 2.79 bits per heavy atom. The molecule has 0 fully saturated rings. The molecule has 1 rings (SSSR count). The van der Waals surface area contributed by atoms with Crippen LogP contribution in [0.3, 0.4) is 0 Å². The van der Waals surface area contributed by atoms with Gasteiger partial charge in [-0.3, -0.25) is 10.1 Å². The van der Waals surface area contributed by atoms with Crippen LogP contribution in [0.4, 0.5) is 10.1 Å². The van der Waals surface area contributed by atoms with Crippen molar-refractivity contribution in [3.8, 4) is 6.07 Å². The van der Waals surface area contributed by atoms with Gasteiger partial charge in [0, 0.05) is 11.1 Å².